The molecule has 4 heteroatoms. The Bertz CT molecular complexity index is 342. The Morgan fingerprint density at radius 2 is 2.41 bits per heavy atom. The number of nitrogens with zero attached hydrogens (tertiary/aromatic N) is 2. The molecule has 1 aliphatic heterocycles. The van der Waals surface area contributed by atoms with Crippen molar-refractivity contribution in [2.45, 2.75) is 45.3 Å². The van der Waals surface area contributed by atoms with E-state index < -0.39 is 0 Å². The van der Waals surface area contributed by atoms with Crippen molar-refractivity contribution in [1.29, 1.82) is 0 Å². The Balaban J connectivity index is 2.09. The summed E-state index contributed by atoms with van der Waals surface area (Å²) in [4.78, 5) is 4.27. The van der Waals surface area contributed by atoms with E-state index in [2.05, 4.69) is 23.4 Å². The maximum atomic E-state index is 5.87. The molecule has 2 unspecified atom stereocenters. The summed E-state index contributed by atoms with van der Waals surface area (Å²) >= 11 is 0. The Labute approximate surface area is 103 Å². The maximum Gasteiger partial charge on any atom is 0.0949 e. The standard InChI is InChI=1S/C13H23N3O/c1-10(2)12(6-14)13-7-15-9-16(13)8-11-4-3-5-17-11/h7,9-12H,3-6,8,14H2,1-2H3. The molecule has 2 atom stereocenters. The van der Waals surface area contributed by atoms with E-state index in [-0.39, 0.29) is 0 Å². The smallest absolute Gasteiger partial charge is 0.0949 e. The van der Waals surface area contributed by atoms with Crippen molar-refractivity contribution < 1.29 is 4.74 Å². The fourth-order valence-corrected chi connectivity index (χ4v) is 2.53. The second-order valence-electron chi connectivity index (χ2n) is 5.19. The highest BCUT2D eigenvalue weighted by Gasteiger charge is 2.21. The highest BCUT2D eigenvalue weighted by molar-refractivity contribution is 5.08. The number of rotatable bonds is 5. The van der Waals surface area contributed by atoms with E-state index in [0.29, 0.717) is 24.5 Å². The molecule has 0 saturated carbocycles. The zero-order chi connectivity index (χ0) is 12.3. The second-order valence-corrected chi connectivity index (χ2v) is 5.19. The quantitative estimate of drug-likeness (QED) is 0.849. The topological polar surface area (TPSA) is 53.1 Å². The van der Waals surface area contributed by atoms with Gasteiger partial charge >= 0.3 is 0 Å². The van der Waals surface area contributed by atoms with Crippen LogP contribution in [0.1, 0.15) is 38.3 Å². The van der Waals surface area contributed by atoms with Crippen LogP contribution in [0.15, 0.2) is 12.5 Å². The number of hydrogen-bond donors (Lipinski definition) is 1. The predicted octanol–water partition coefficient (Wildman–Crippen LogP) is 1.76. The van der Waals surface area contributed by atoms with Crippen LogP contribution in [0.3, 0.4) is 0 Å². The van der Waals surface area contributed by atoms with Gasteiger partial charge in [0, 0.05) is 31.0 Å². The van der Waals surface area contributed by atoms with Crippen LogP contribution in [0.4, 0.5) is 0 Å². The minimum atomic E-state index is 0.355. The zero-order valence-electron chi connectivity index (χ0n) is 10.8. The summed E-state index contributed by atoms with van der Waals surface area (Å²) in [5, 5.41) is 0. The third-order valence-electron chi connectivity index (χ3n) is 3.61. The number of hydrogen-bond acceptors (Lipinski definition) is 3. The zero-order valence-corrected chi connectivity index (χ0v) is 10.8. The van der Waals surface area contributed by atoms with Crippen LogP contribution in [-0.2, 0) is 11.3 Å². The van der Waals surface area contributed by atoms with Gasteiger partial charge in [0.1, 0.15) is 0 Å². The van der Waals surface area contributed by atoms with Crippen molar-refractivity contribution in [2.24, 2.45) is 11.7 Å². The first-order valence-corrected chi connectivity index (χ1v) is 6.54. The van der Waals surface area contributed by atoms with Crippen LogP contribution < -0.4 is 5.73 Å². The Morgan fingerprint density at radius 3 is 3.00 bits per heavy atom. The molecule has 1 aromatic heterocycles. The molecule has 0 amide bonds. The molecule has 2 N–H and O–H groups in total. The van der Waals surface area contributed by atoms with Crippen molar-refractivity contribution in [1.82, 2.24) is 9.55 Å². The molecule has 17 heavy (non-hydrogen) atoms. The lowest BCUT2D eigenvalue weighted by Gasteiger charge is -2.22. The van der Waals surface area contributed by atoms with Gasteiger partial charge in [-0.2, -0.15) is 0 Å². The molecule has 0 aromatic carbocycles. The van der Waals surface area contributed by atoms with Crippen LogP contribution in [0, 0.1) is 5.92 Å². The van der Waals surface area contributed by atoms with Crippen LogP contribution in [0.2, 0.25) is 0 Å². The van der Waals surface area contributed by atoms with Crippen LogP contribution in [0.5, 0.6) is 0 Å². The molecular weight excluding hydrogens is 214 g/mol. The summed E-state index contributed by atoms with van der Waals surface area (Å²) in [6.45, 7) is 6.91. The Kier molecular flexibility index (Phi) is 4.18. The van der Waals surface area contributed by atoms with Gasteiger partial charge in [0.05, 0.1) is 19.0 Å². The summed E-state index contributed by atoms with van der Waals surface area (Å²) in [6.07, 6.45) is 6.55. The third kappa shape index (κ3) is 2.87. The van der Waals surface area contributed by atoms with Crippen LogP contribution in [-0.4, -0.2) is 28.8 Å². The van der Waals surface area contributed by atoms with Gasteiger partial charge in [0.2, 0.25) is 0 Å². The highest BCUT2D eigenvalue weighted by Crippen LogP contribution is 2.24. The molecule has 1 aliphatic rings. The number of nitrogens with two attached hydrogens (primary N) is 1. The van der Waals surface area contributed by atoms with Gasteiger partial charge in [-0.15, -0.1) is 0 Å². The monoisotopic (exact) mass is 237 g/mol. The maximum absolute atomic E-state index is 5.87. The molecule has 1 aromatic rings. The molecule has 1 saturated heterocycles. The number of ether oxygens (including phenoxy) is 1. The van der Waals surface area contributed by atoms with Crippen molar-refractivity contribution in [3.05, 3.63) is 18.2 Å². The summed E-state index contributed by atoms with van der Waals surface area (Å²) in [5.41, 5.74) is 7.12. The van der Waals surface area contributed by atoms with E-state index >= 15 is 0 Å². The Morgan fingerprint density at radius 1 is 1.59 bits per heavy atom. The molecule has 0 aliphatic carbocycles. The number of imidazole rings is 1. The molecular formula is C13H23N3O. The van der Waals surface area contributed by atoms with Crippen molar-refractivity contribution in [3.8, 4) is 0 Å². The first-order valence-electron chi connectivity index (χ1n) is 6.54. The summed E-state index contributed by atoms with van der Waals surface area (Å²) in [7, 11) is 0. The van der Waals surface area contributed by atoms with Crippen molar-refractivity contribution in [2.75, 3.05) is 13.2 Å². The lowest BCUT2D eigenvalue weighted by molar-refractivity contribution is 0.0959. The van der Waals surface area contributed by atoms with E-state index in [1.807, 2.05) is 12.5 Å². The van der Waals surface area contributed by atoms with Crippen molar-refractivity contribution >= 4 is 0 Å². The summed E-state index contributed by atoms with van der Waals surface area (Å²) in [5.74, 6) is 0.929. The van der Waals surface area contributed by atoms with E-state index in [4.69, 9.17) is 10.5 Å². The average molecular weight is 237 g/mol. The van der Waals surface area contributed by atoms with Gasteiger partial charge < -0.3 is 15.0 Å². The summed E-state index contributed by atoms with van der Waals surface area (Å²) in [6, 6.07) is 0. The first-order chi connectivity index (χ1) is 8.22. The minimum absolute atomic E-state index is 0.355. The van der Waals surface area contributed by atoms with Crippen LogP contribution >= 0.6 is 0 Å². The normalized spacial score (nSPS) is 22.2. The molecule has 2 rings (SSSR count). The van der Waals surface area contributed by atoms with Crippen molar-refractivity contribution in [3.63, 3.8) is 0 Å². The SMILES string of the molecule is CC(C)C(CN)c1cncn1CC1CCCO1. The van der Waals surface area contributed by atoms with E-state index in [1.54, 1.807) is 0 Å². The lowest BCUT2D eigenvalue weighted by Crippen LogP contribution is -2.23. The van der Waals surface area contributed by atoms with Gasteiger partial charge in [-0.3, -0.25) is 0 Å². The lowest BCUT2D eigenvalue weighted by atomic mass is 9.93. The van der Waals surface area contributed by atoms with E-state index in [9.17, 15) is 0 Å². The van der Waals surface area contributed by atoms with Crippen LogP contribution in [0.25, 0.3) is 0 Å². The molecule has 0 spiro atoms. The van der Waals surface area contributed by atoms with Gasteiger partial charge in [-0.25, -0.2) is 4.98 Å². The highest BCUT2D eigenvalue weighted by atomic mass is 16.5. The van der Waals surface area contributed by atoms with E-state index in [1.165, 1.54) is 12.1 Å². The fraction of sp³-hybridized carbons (Fsp3) is 0.769. The van der Waals surface area contributed by atoms with Gasteiger partial charge in [-0.05, 0) is 18.8 Å². The molecule has 96 valence electrons. The predicted molar refractivity (Wildman–Crippen MR) is 67.8 cm³/mol. The van der Waals surface area contributed by atoms with Gasteiger partial charge in [-0.1, -0.05) is 13.8 Å². The largest absolute Gasteiger partial charge is 0.376 e. The Hall–Kier alpha value is -0.870. The molecule has 4 nitrogen and oxygen atoms in total. The minimum Gasteiger partial charge on any atom is -0.376 e. The second kappa shape index (κ2) is 5.65. The fourth-order valence-electron chi connectivity index (χ4n) is 2.53. The molecule has 0 radical (unpaired) electrons. The average Bonchev–Trinajstić information content (AvgIpc) is 2.92. The summed E-state index contributed by atoms with van der Waals surface area (Å²) < 4.78 is 7.89. The first kappa shape index (κ1) is 12.6. The van der Waals surface area contributed by atoms with E-state index in [0.717, 1.165) is 19.6 Å². The van der Waals surface area contributed by atoms with Gasteiger partial charge in [0.15, 0.2) is 0 Å². The molecule has 2 heterocycles. The number of aromatic nitrogens is 2. The molecule has 0 bridgehead atoms. The third-order valence-corrected chi connectivity index (χ3v) is 3.61. The molecule has 1 fully saturated rings. The van der Waals surface area contributed by atoms with Gasteiger partial charge in [0.25, 0.3) is 0 Å².